The molecule has 154 valence electrons. The Morgan fingerprint density at radius 1 is 0.967 bits per heavy atom. The predicted molar refractivity (Wildman–Crippen MR) is 114 cm³/mol. The Bertz CT molecular complexity index is 1000. The fraction of sp³-hybridized carbons (Fsp3) is 0.208. The van der Waals surface area contributed by atoms with Crippen LogP contribution >= 0.6 is 0 Å². The Kier molecular flexibility index (Phi) is 5.86. The Morgan fingerprint density at radius 2 is 1.63 bits per heavy atom. The highest BCUT2D eigenvalue weighted by Gasteiger charge is 2.29. The lowest BCUT2D eigenvalue weighted by molar-refractivity contribution is 0.158. The second-order valence-corrected chi connectivity index (χ2v) is 6.89. The lowest BCUT2D eigenvalue weighted by Crippen LogP contribution is -2.18. The molecule has 0 bridgehead atoms. The van der Waals surface area contributed by atoms with Crippen LogP contribution in [0.1, 0.15) is 17.0 Å². The maximum absolute atomic E-state index is 12.4. The number of aliphatic hydroxyl groups excluding tert-OH is 1. The van der Waals surface area contributed by atoms with Gasteiger partial charge in [-0.1, -0.05) is 48.5 Å². The number of hydrogen-bond donors (Lipinski definition) is 2. The molecule has 0 aliphatic heterocycles. The maximum Gasteiger partial charge on any atom is 0.411 e. The summed E-state index contributed by atoms with van der Waals surface area (Å²) in [7, 11) is 1.53. The van der Waals surface area contributed by atoms with Gasteiger partial charge in [-0.2, -0.15) is 0 Å². The first-order chi connectivity index (χ1) is 14.7. The molecule has 3 aromatic carbocycles. The van der Waals surface area contributed by atoms with E-state index < -0.39 is 6.09 Å². The third kappa shape index (κ3) is 3.95. The summed E-state index contributed by atoms with van der Waals surface area (Å²) in [5.74, 6) is 0.951. The number of fused-ring (bicyclic) bond motifs is 3. The van der Waals surface area contributed by atoms with Crippen molar-refractivity contribution in [2.45, 2.75) is 5.92 Å². The Morgan fingerprint density at radius 3 is 2.27 bits per heavy atom. The second kappa shape index (κ2) is 8.88. The smallest absolute Gasteiger partial charge is 0.411 e. The van der Waals surface area contributed by atoms with Crippen LogP contribution in [0.25, 0.3) is 11.1 Å². The van der Waals surface area contributed by atoms with E-state index in [-0.39, 0.29) is 25.7 Å². The topological polar surface area (TPSA) is 77.0 Å². The first-order valence-electron chi connectivity index (χ1n) is 9.75. The van der Waals surface area contributed by atoms with Crippen molar-refractivity contribution in [1.29, 1.82) is 0 Å². The number of anilines is 1. The van der Waals surface area contributed by atoms with E-state index in [1.807, 2.05) is 24.3 Å². The number of methoxy groups -OCH3 is 1. The zero-order valence-corrected chi connectivity index (χ0v) is 16.6. The fourth-order valence-electron chi connectivity index (χ4n) is 3.78. The van der Waals surface area contributed by atoms with Gasteiger partial charge in [0.1, 0.15) is 13.2 Å². The quantitative estimate of drug-likeness (QED) is 0.608. The summed E-state index contributed by atoms with van der Waals surface area (Å²) in [6, 6.07) is 21.4. The van der Waals surface area contributed by atoms with E-state index in [4.69, 9.17) is 19.3 Å². The first kappa shape index (κ1) is 19.8. The van der Waals surface area contributed by atoms with Crippen LogP contribution in [0.4, 0.5) is 10.5 Å². The molecule has 0 unspecified atom stereocenters. The van der Waals surface area contributed by atoms with Gasteiger partial charge in [0.05, 0.1) is 13.7 Å². The molecule has 1 aliphatic carbocycles. The van der Waals surface area contributed by atoms with E-state index in [2.05, 4.69) is 29.6 Å². The van der Waals surface area contributed by atoms with Crippen LogP contribution in [0, 0.1) is 0 Å². The molecule has 1 aliphatic rings. The van der Waals surface area contributed by atoms with Gasteiger partial charge in [-0.25, -0.2) is 4.79 Å². The lowest BCUT2D eigenvalue weighted by Gasteiger charge is -2.15. The molecule has 4 rings (SSSR count). The third-order valence-electron chi connectivity index (χ3n) is 5.10. The Hall–Kier alpha value is -3.51. The number of hydrogen-bond acceptors (Lipinski definition) is 5. The molecule has 0 fully saturated rings. The largest absolute Gasteiger partial charge is 0.493 e. The molecule has 30 heavy (non-hydrogen) atoms. The number of nitrogens with one attached hydrogen (secondary N) is 1. The molecule has 0 radical (unpaired) electrons. The molecule has 6 nitrogen and oxygen atoms in total. The van der Waals surface area contributed by atoms with E-state index in [0.29, 0.717) is 17.2 Å². The molecule has 0 atom stereocenters. The van der Waals surface area contributed by atoms with Crippen molar-refractivity contribution in [1.82, 2.24) is 0 Å². The van der Waals surface area contributed by atoms with Crippen molar-refractivity contribution in [2.75, 3.05) is 32.2 Å². The van der Waals surface area contributed by atoms with Crippen LogP contribution in [0.5, 0.6) is 11.5 Å². The molecule has 0 spiro atoms. The van der Waals surface area contributed by atoms with Crippen LogP contribution in [0.15, 0.2) is 66.7 Å². The summed E-state index contributed by atoms with van der Waals surface area (Å²) < 4.78 is 16.2. The Labute approximate surface area is 175 Å². The number of benzene rings is 3. The summed E-state index contributed by atoms with van der Waals surface area (Å²) in [6.45, 7) is 0.252. The molecule has 0 saturated heterocycles. The average Bonchev–Trinajstić information content (AvgIpc) is 3.10. The van der Waals surface area contributed by atoms with Gasteiger partial charge in [-0.3, -0.25) is 5.32 Å². The van der Waals surface area contributed by atoms with E-state index in [9.17, 15) is 4.79 Å². The van der Waals surface area contributed by atoms with Crippen molar-refractivity contribution in [3.8, 4) is 22.6 Å². The molecule has 2 N–H and O–H groups in total. The van der Waals surface area contributed by atoms with E-state index in [1.165, 1.54) is 18.2 Å². The van der Waals surface area contributed by atoms with Gasteiger partial charge < -0.3 is 19.3 Å². The molecular weight excluding hydrogens is 382 g/mol. The molecule has 1 amide bonds. The summed E-state index contributed by atoms with van der Waals surface area (Å²) >= 11 is 0. The highest BCUT2D eigenvalue weighted by molar-refractivity contribution is 5.85. The SMILES string of the molecule is COc1ccc(NC(=O)OCC2c3ccccc3-c3ccccc32)cc1OCCO. The van der Waals surface area contributed by atoms with Gasteiger partial charge in [-0.15, -0.1) is 0 Å². The summed E-state index contributed by atoms with van der Waals surface area (Å²) in [6.07, 6.45) is -0.546. The summed E-state index contributed by atoms with van der Waals surface area (Å²) in [5, 5.41) is 11.7. The zero-order chi connectivity index (χ0) is 20.9. The Balaban J connectivity index is 1.45. The molecule has 0 aromatic heterocycles. The highest BCUT2D eigenvalue weighted by atomic mass is 16.5. The molecule has 3 aromatic rings. The van der Waals surface area contributed by atoms with E-state index in [0.717, 1.165) is 11.1 Å². The lowest BCUT2D eigenvalue weighted by atomic mass is 9.98. The van der Waals surface area contributed by atoms with Gasteiger partial charge in [0.25, 0.3) is 0 Å². The molecule has 6 heteroatoms. The molecular formula is C24H23NO5. The highest BCUT2D eigenvalue weighted by Crippen LogP contribution is 2.44. The fourth-order valence-corrected chi connectivity index (χ4v) is 3.78. The zero-order valence-electron chi connectivity index (χ0n) is 16.6. The predicted octanol–water partition coefficient (Wildman–Crippen LogP) is 4.43. The number of amides is 1. The standard InChI is InChI=1S/C24H23NO5/c1-28-22-11-10-16(14-23(22)29-13-12-26)25-24(27)30-15-21-19-8-4-2-6-17(19)18-7-3-5-9-20(18)21/h2-11,14,21,26H,12-13,15H2,1H3,(H,25,27). The maximum atomic E-state index is 12.4. The minimum absolute atomic E-state index is 0.00228. The van der Waals surface area contributed by atoms with Gasteiger partial charge in [0.2, 0.25) is 0 Å². The van der Waals surface area contributed by atoms with Gasteiger partial charge in [0, 0.05) is 17.7 Å². The van der Waals surface area contributed by atoms with Gasteiger partial charge in [0.15, 0.2) is 11.5 Å². The number of carbonyl (C=O) groups excluding carboxylic acids is 1. The van der Waals surface area contributed by atoms with Gasteiger partial charge >= 0.3 is 6.09 Å². The van der Waals surface area contributed by atoms with Crippen molar-refractivity contribution in [3.05, 3.63) is 77.9 Å². The number of ether oxygens (including phenoxy) is 3. The van der Waals surface area contributed by atoms with Crippen molar-refractivity contribution >= 4 is 11.8 Å². The molecule has 0 saturated carbocycles. The minimum Gasteiger partial charge on any atom is -0.493 e. The van der Waals surface area contributed by atoms with Crippen molar-refractivity contribution < 1.29 is 24.1 Å². The monoisotopic (exact) mass is 405 g/mol. The van der Waals surface area contributed by atoms with E-state index >= 15 is 0 Å². The first-order valence-corrected chi connectivity index (χ1v) is 9.75. The van der Waals surface area contributed by atoms with Crippen LogP contribution in [-0.2, 0) is 4.74 Å². The third-order valence-corrected chi connectivity index (χ3v) is 5.10. The number of rotatable bonds is 7. The average molecular weight is 405 g/mol. The van der Waals surface area contributed by atoms with Crippen molar-refractivity contribution in [3.63, 3.8) is 0 Å². The van der Waals surface area contributed by atoms with Crippen LogP contribution in [0.2, 0.25) is 0 Å². The minimum atomic E-state index is -0.546. The molecule has 0 heterocycles. The number of carbonyl (C=O) groups is 1. The summed E-state index contributed by atoms with van der Waals surface area (Å²) in [4.78, 5) is 12.4. The van der Waals surface area contributed by atoms with Crippen molar-refractivity contribution in [2.24, 2.45) is 0 Å². The van der Waals surface area contributed by atoms with Crippen LogP contribution in [-0.4, -0.2) is 38.1 Å². The second-order valence-electron chi connectivity index (χ2n) is 6.89. The normalized spacial score (nSPS) is 12.1. The summed E-state index contributed by atoms with van der Waals surface area (Å²) in [5.41, 5.74) is 5.21. The van der Waals surface area contributed by atoms with E-state index in [1.54, 1.807) is 18.2 Å². The van der Waals surface area contributed by atoms with Crippen LogP contribution in [0.3, 0.4) is 0 Å². The number of aliphatic hydroxyl groups is 1. The van der Waals surface area contributed by atoms with Gasteiger partial charge in [-0.05, 0) is 34.4 Å². The van der Waals surface area contributed by atoms with Crippen LogP contribution < -0.4 is 14.8 Å².